The number of amides is 2. The van der Waals surface area contributed by atoms with Gasteiger partial charge in [0.1, 0.15) is 24.2 Å². The van der Waals surface area contributed by atoms with Crippen molar-refractivity contribution in [1.82, 2.24) is 10.2 Å². The smallest absolute Gasteiger partial charge is 0.264 e. The van der Waals surface area contributed by atoms with E-state index in [4.69, 9.17) is 4.74 Å². The van der Waals surface area contributed by atoms with Crippen molar-refractivity contribution < 1.29 is 27.1 Å². The van der Waals surface area contributed by atoms with Gasteiger partial charge in [0.2, 0.25) is 11.8 Å². The number of methoxy groups -OCH3 is 1. The summed E-state index contributed by atoms with van der Waals surface area (Å²) in [5.74, 6) is -0.856. The Morgan fingerprint density at radius 2 is 1.67 bits per heavy atom. The predicted molar refractivity (Wildman–Crippen MR) is 168 cm³/mol. The summed E-state index contributed by atoms with van der Waals surface area (Å²) in [5, 5.41) is 3.07. The summed E-state index contributed by atoms with van der Waals surface area (Å²) in [6.45, 7) is 2.95. The van der Waals surface area contributed by atoms with Gasteiger partial charge in [-0.25, -0.2) is 12.8 Å². The third kappa shape index (κ3) is 8.14. The number of anilines is 1. The highest BCUT2D eigenvalue weighted by molar-refractivity contribution is 9.10. The quantitative estimate of drug-likeness (QED) is 0.271. The van der Waals surface area contributed by atoms with Crippen LogP contribution in [0, 0.1) is 12.7 Å². The molecule has 0 spiro atoms. The van der Waals surface area contributed by atoms with E-state index in [-0.39, 0.29) is 23.4 Å². The van der Waals surface area contributed by atoms with Gasteiger partial charge in [0.25, 0.3) is 10.0 Å². The lowest BCUT2D eigenvalue weighted by atomic mass is 9.95. The van der Waals surface area contributed by atoms with Gasteiger partial charge in [-0.1, -0.05) is 49.1 Å². The van der Waals surface area contributed by atoms with Crippen molar-refractivity contribution in [2.45, 2.75) is 69.5 Å². The Morgan fingerprint density at radius 3 is 2.28 bits per heavy atom. The second-order valence-corrected chi connectivity index (χ2v) is 13.5. The summed E-state index contributed by atoms with van der Waals surface area (Å²) in [4.78, 5) is 28.8. The number of aryl methyl sites for hydroxylation is 1. The summed E-state index contributed by atoms with van der Waals surface area (Å²) in [7, 11) is -2.76. The minimum atomic E-state index is -4.24. The lowest BCUT2D eigenvalue weighted by molar-refractivity contribution is -0.139. The van der Waals surface area contributed by atoms with Crippen LogP contribution < -0.4 is 14.4 Å². The number of ether oxygens (including phenoxy) is 1. The number of carbonyl (C=O) groups excluding carboxylic acids is 2. The zero-order chi connectivity index (χ0) is 31.1. The standard InChI is InChI=1S/C32H37BrFN3O5S/c1-22-9-15-27(16-10-22)37(43(40,41)28-17-18-30(42-3)29(33)19-28)21-31(38)36(20-24-11-13-25(34)14-12-24)23(2)32(39)35-26-7-5-4-6-8-26/h9-19,23,26H,4-8,20-21H2,1-3H3,(H,35,39)/t23-/m1/s1. The van der Waals surface area contributed by atoms with Crippen molar-refractivity contribution in [1.29, 1.82) is 0 Å². The molecule has 0 heterocycles. The minimum Gasteiger partial charge on any atom is -0.496 e. The van der Waals surface area contributed by atoms with Crippen LogP contribution in [0.1, 0.15) is 50.2 Å². The molecule has 1 N–H and O–H groups in total. The molecule has 3 aromatic rings. The molecule has 0 aromatic heterocycles. The Morgan fingerprint density at radius 1 is 1.02 bits per heavy atom. The highest BCUT2D eigenvalue weighted by Crippen LogP contribution is 2.31. The number of hydrogen-bond donors (Lipinski definition) is 1. The molecule has 11 heteroatoms. The van der Waals surface area contributed by atoms with Crippen LogP contribution in [0.3, 0.4) is 0 Å². The van der Waals surface area contributed by atoms with Gasteiger partial charge in [-0.2, -0.15) is 0 Å². The van der Waals surface area contributed by atoms with Gasteiger partial charge in [-0.05, 0) is 90.6 Å². The number of halogens is 2. The lowest BCUT2D eigenvalue weighted by Crippen LogP contribution is -2.53. The van der Waals surface area contributed by atoms with Crippen LogP contribution in [0.4, 0.5) is 10.1 Å². The number of nitrogens with one attached hydrogen (secondary N) is 1. The Hall–Kier alpha value is -3.44. The van der Waals surface area contributed by atoms with Crippen LogP contribution >= 0.6 is 15.9 Å². The van der Waals surface area contributed by atoms with E-state index in [1.807, 2.05) is 6.92 Å². The maximum absolute atomic E-state index is 14.1. The number of nitrogens with zero attached hydrogens (tertiary/aromatic N) is 2. The fourth-order valence-corrected chi connectivity index (χ4v) is 7.25. The molecule has 1 fully saturated rings. The predicted octanol–water partition coefficient (Wildman–Crippen LogP) is 5.97. The third-order valence-electron chi connectivity index (χ3n) is 7.70. The summed E-state index contributed by atoms with van der Waals surface area (Å²) in [6.07, 6.45) is 4.94. The maximum atomic E-state index is 14.1. The Labute approximate surface area is 261 Å². The van der Waals surface area contributed by atoms with Gasteiger partial charge in [-0.3, -0.25) is 13.9 Å². The van der Waals surface area contributed by atoms with E-state index in [0.29, 0.717) is 21.5 Å². The van der Waals surface area contributed by atoms with Crippen molar-refractivity contribution >= 4 is 43.5 Å². The molecular weight excluding hydrogens is 637 g/mol. The molecular formula is C32H37BrFN3O5S. The van der Waals surface area contributed by atoms with Gasteiger partial charge >= 0.3 is 0 Å². The first-order valence-corrected chi connectivity index (χ1v) is 16.5. The largest absolute Gasteiger partial charge is 0.496 e. The molecule has 0 unspecified atom stereocenters. The van der Waals surface area contributed by atoms with Crippen LogP contribution in [0.25, 0.3) is 0 Å². The van der Waals surface area contributed by atoms with Crippen molar-refractivity contribution in [3.63, 3.8) is 0 Å². The van der Waals surface area contributed by atoms with Gasteiger partial charge in [-0.15, -0.1) is 0 Å². The molecule has 1 atom stereocenters. The van der Waals surface area contributed by atoms with E-state index in [1.54, 1.807) is 43.3 Å². The van der Waals surface area contributed by atoms with Crippen molar-refractivity contribution in [2.24, 2.45) is 0 Å². The first-order chi connectivity index (χ1) is 20.5. The number of carbonyl (C=O) groups is 2. The monoisotopic (exact) mass is 673 g/mol. The molecule has 1 aliphatic carbocycles. The van der Waals surface area contributed by atoms with Gasteiger partial charge in [0, 0.05) is 12.6 Å². The van der Waals surface area contributed by atoms with Gasteiger partial charge < -0.3 is 15.0 Å². The molecule has 2 amide bonds. The zero-order valence-electron chi connectivity index (χ0n) is 24.6. The second kappa shape index (κ2) is 14.4. The summed E-state index contributed by atoms with van der Waals surface area (Å²) < 4.78 is 48.5. The summed E-state index contributed by atoms with van der Waals surface area (Å²) in [6, 6.07) is 16.0. The van der Waals surface area contributed by atoms with Crippen molar-refractivity contribution in [2.75, 3.05) is 18.0 Å². The molecule has 1 saturated carbocycles. The number of sulfonamides is 1. The summed E-state index contributed by atoms with van der Waals surface area (Å²) >= 11 is 3.35. The molecule has 4 rings (SSSR count). The molecule has 230 valence electrons. The van der Waals surface area contributed by atoms with Crippen LogP contribution in [0.2, 0.25) is 0 Å². The maximum Gasteiger partial charge on any atom is 0.264 e. The van der Waals surface area contributed by atoms with E-state index in [9.17, 15) is 22.4 Å². The highest BCUT2D eigenvalue weighted by atomic mass is 79.9. The molecule has 43 heavy (non-hydrogen) atoms. The molecule has 0 radical (unpaired) electrons. The number of hydrogen-bond acceptors (Lipinski definition) is 5. The lowest BCUT2D eigenvalue weighted by Gasteiger charge is -2.33. The highest BCUT2D eigenvalue weighted by Gasteiger charge is 2.33. The first kappa shape index (κ1) is 32.5. The normalized spacial score (nSPS) is 14.5. The van der Waals surface area contributed by atoms with Gasteiger partial charge in [0.05, 0.1) is 22.2 Å². The second-order valence-electron chi connectivity index (χ2n) is 10.8. The molecule has 0 saturated heterocycles. The Kier molecular flexibility index (Phi) is 10.8. The summed E-state index contributed by atoms with van der Waals surface area (Å²) in [5.41, 5.74) is 1.83. The van der Waals surface area contributed by atoms with Crippen LogP contribution in [-0.2, 0) is 26.2 Å². The molecule has 8 nitrogen and oxygen atoms in total. The van der Waals surface area contributed by atoms with E-state index < -0.39 is 34.3 Å². The molecule has 0 bridgehead atoms. The van der Waals surface area contributed by atoms with Crippen LogP contribution in [-0.4, -0.2) is 50.9 Å². The topological polar surface area (TPSA) is 96.0 Å². The van der Waals surface area contributed by atoms with E-state index in [0.717, 1.165) is 42.0 Å². The zero-order valence-corrected chi connectivity index (χ0v) is 27.0. The molecule has 3 aromatic carbocycles. The Balaban J connectivity index is 1.68. The van der Waals surface area contributed by atoms with Crippen molar-refractivity contribution in [3.8, 4) is 5.75 Å². The fraction of sp³-hybridized carbons (Fsp3) is 0.375. The van der Waals surface area contributed by atoms with E-state index in [1.165, 1.54) is 42.3 Å². The average molecular weight is 675 g/mol. The minimum absolute atomic E-state index is 0.00572. The van der Waals surface area contributed by atoms with E-state index in [2.05, 4.69) is 21.2 Å². The first-order valence-electron chi connectivity index (χ1n) is 14.3. The van der Waals surface area contributed by atoms with E-state index >= 15 is 0 Å². The SMILES string of the molecule is COc1ccc(S(=O)(=O)N(CC(=O)N(Cc2ccc(F)cc2)[C@H](C)C(=O)NC2CCCCC2)c2ccc(C)cc2)cc1Br. The molecule has 1 aliphatic rings. The van der Waals surface area contributed by atoms with Crippen LogP contribution in [0.5, 0.6) is 5.75 Å². The number of benzene rings is 3. The van der Waals surface area contributed by atoms with Gasteiger partial charge in [0.15, 0.2) is 0 Å². The molecule has 0 aliphatic heterocycles. The third-order valence-corrected chi connectivity index (χ3v) is 10.1. The van der Waals surface area contributed by atoms with Crippen molar-refractivity contribution in [3.05, 3.63) is 88.1 Å². The average Bonchev–Trinajstić information content (AvgIpc) is 3.00. The Bertz CT molecular complexity index is 1530. The fourth-order valence-electron chi connectivity index (χ4n) is 5.11. The number of rotatable bonds is 11. The van der Waals surface area contributed by atoms with Crippen LogP contribution in [0.15, 0.2) is 76.1 Å².